The Labute approximate surface area is 303 Å². The van der Waals surface area contributed by atoms with Gasteiger partial charge in [-0.15, -0.1) is 0 Å². The van der Waals surface area contributed by atoms with E-state index in [1.807, 2.05) is 0 Å². The first-order valence-electron chi connectivity index (χ1n) is 20.3. The zero-order chi connectivity index (χ0) is 35.7. The highest BCUT2D eigenvalue weighted by Gasteiger charge is 2.19. The van der Waals surface area contributed by atoms with Gasteiger partial charge in [0.2, 0.25) is 5.91 Å². The van der Waals surface area contributed by atoms with Gasteiger partial charge in [0.15, 0.2) is 0 Å². The highest BCUT2D eigenvalue weighted by molar-refractivity contribution is 5.76. The van der Waals surface area contributed by atoms with Gasteiger partial charge in [-0.05, 0) is 70.6 Å². The highest BCUT2D eigenvalue weighted by Crippen LogP contribution is 2.13. The third-order valence-electron chi connectivity index (χ3n) is 8.67. The van der Waals surface area contributed by atoms with Crippen molar-refractivity contribution in [3.05, 3.63) is 85.1 Å². The van der Waals surface area contributed by atoms with Crippen molar-refractivity contribution in [1.29, 1.82) is 0 Å². The summed E-state index contributed by atoms with van der Waals surface area (Å²) in [5.74, 6) is -0.0490. The average molecular weight is 680 g/mol. The van der Waals surface area contributed by atoms with Crippen LogP contribution in [0.1, 0.15) is 174 Å². The van der Waals surface area contributed by atoms with E-state index in [1.165, 1.54) is 64.2 Å². The second-order valence-corrected chi connectivity index (χ2v) is 13.3. The van der Waals surface area contributed by atoms with Gasteiger partial charge in [-0.25, -0.2) is 0 Å². The first-order valence-corrected chi connectivity index (χ1v) is 20.3. The van der Waals surface area contributed by atoms with Crippen LogP contribution in [-0.4, -0.2) is 34.9 Å². The lowest BCUT2D eigenvalue weighted by Crippen LogP contribution is -2.45. The third kappa shape index (κ3) is 36.7. The molecular formula is C45H77NO3. The molecule has 0 rings (SSSR count). The van der Waals surface area contributed by atoms with Crippen LogP contribution in [0, 0.1) is 0 Å². The predicted molar refractivity (Wildman–Crippen MR) is 216 cm³/mol. The van der Waals surface area contributed by atoms with Gasteiger partial charge in [-0.2, -0.15) is 0 Å². The number of carbonyl (C=O) groups is 1. The number of aliphatic hydroxyl groups excluding tert-OH is 2. The minimum absolute atomic E-state index is 0.0490. The van der Waals surface area contributed by atoms with Crippen LogP contribution in [0.25, 0.3) is 0 Å². The molecule has 0 radical (unpaired) electrons. The molecule has 0 aliphatic carbocycles. The Bertz CT molecular complexity index is 910. The summed E-state index contributed by atoms with van der Waals surface area (Å²) in [6.07, 6.45) is 58.4. The van der Waals surface area contributed by atoms with Crippen LogP contribution >= 0.6 is 0 Å². The fraction of sp³-hybridized carbons (Fsp3) is 0.667. The molecule has 0 saturated carbocycles. The summed E-state index contributed by atoms with van der Waals surface area (Å²) in [6, 6.07) is -0.537. The van der Waals surface area contributed by atoms with Gasteiger partial charge >= 0.3 is 0 Å². The number of unbranched alkanes of at least 4 members (excludes halogenated alkanes) is 14. The van der Waals surface area contributed by atoms with Gasteiger partial charge in [0, 0.05) is 6.42 Å². The van der Waals surface area contributed by atoms with Gasteiger partial charge in [-0.1, -0.05) is 182 Å². The van der Waals surface area contributed by atoms with Crippen molar-refractivity contribution in [2.24, 2.45) is 0 Å². The van der Waals surface area contributed by atoms with E-state index in [9.17, 15) is 15.0 Å². The quantitative estimate of drug-likeness (QED) is 0.0461. The SMILES string of the molecule is CC/C=C\C/C=C\C/C=C\C/C=C\C/C=C\C/C=C\C/C=C\CCCCCCCCCCCCCC(=O)NC(CO)C(O)CCCCCC. The average Bonchev–Trinajstić information content (AvgIpc) is 3.11. The number of hydrogen-bond donors (Lipinski definition) is 3. The van der Waals surface area contributed by atoms with Gasteiger partial charge in [0.25, 0.3) is 0 Å². The fourth-order valence-corrected chi connectivity index (χ4v) is 5.57. The number of amides is 1. The van der Waals surface area contributed by atoms with Crippen molar-refractivity contribution < 1.29 is 15.0 Å². The lowest BCUT2D eigenvalue weighted by molar-refractivity contribution is -0.123. The molecule has 0 aliphatic heterocycles. The minimum atomic E-state index is -0.660. The Hall–Kier alpha value is -2.43. The largest absolute Gasteiger partial charge is 0.394 e. The van der Waals surface area contributed by atoms with E-state index in [1.54, 1.807) is 0 Å². The zero-order valence-electron chi connectivity index (χ0n) is 31.9. The van der Waals surface area contributed by atoms with Crippen molar-refractivity contribution >= 4 is 5.91 Å². The van der Waals surface area contributed by atoms with Crippen LogP contribution < -0.4 is 5.32 Å². The molecule has 1 amide bonds. The van der Waals surface area contributed by atoms with Crippen molar-refractivity contribution in [3.8, 4) is 0 Å². The minimum Gasteiger partial charge on any atom is -0.394 e. The maximum Gasteiger partial charge on any atom is 0.220 e. The van der Waals surface area contributed by atoms with Crippen LogP contribution in [-0.2, 0) is 4.79 Å². The molecule has 0 aliphatic rings. The van der Waals surface area contributed by atoms with Crippen molar-refractivity contribution in [2.45, 2.75) is 187 Å². The predicted octanol–water partition coefficient (Wildman–Crippen LogP) is 12.5. The molecule has 4 nitrogen and oxygen atoms in total. The molecule has 280 valence electrons. The summed E-state index contributed by atoms with van der Waals surface area (Å²) >= 11 is 0. The summed E-state index contributed by atoms with van der Waals surface area (Å²) in [5, 5.41) is 22.7. The monoisotopic (exact) mass is 680 g/mol. The molecular weight excluding hydrogens is 602 g/mol. The zero-order valence-corrected chi connectivity index (χ0v) is 31.9. The first kappa shape index (κ1) is 46.6. The number of rotatable bonds is 35. The summed E-state index contributed by atoms with van der Waals surface area (Å²) in [7, 11) is 0. The molecule has 0 bridgehead atoms. The normalized spacial score (nSPS) is 14.0. The molecule has 0 spiro atoms. The van der Waals surface area contributed by atoms with E-state index >= 15 is 0 Å². The molecule has 3 N–H and O–H groups in total. The number of carbonyl (C=O) groups excluding carboxylic acids is 1. The molecule has 2 unspecified atom stereocenters. The summed E-state index contributed by atoms with van der Waals surface area (Å²) in [6.45, 7) is 4.12. The van der Waals surface area contributed by atoms with Gasteiger partial charge in [0.1, 0.15) is 0 Å². The van der Waals surface area contributed by atoms with Gasteiger partial charge in [0.05, 0.1) is 18.8 Å². The van der Waals surface area contributed by atoms with Crippen LogP contribution in [0.3, 0.4) is 0 Å². The Morgan fingerprint density at radius 3 is 1.33 bits per heavy atom. The van der Waals surface area contributed by atoms with Crippen LogP contribution in [0.5, 0.6) is 0 Å². The molecule has 4 heteroatoms. The van der Waals surface area contributed by atoms with Crippen LogP contribution in [0.4, 0.5) is 0 Å². The lowest BCUT2D eigenvalue weighted by atomic mass is 10.0. The Kier molecular flexibility index (Phi) is 38.0. The first-order chi connectivity index (χ1) is 24.2. The van der Waals surface area contributed by atoms with Crippen molar-refractivity contribution in [2.75, 3.05) is 6.61 Å². The number of allylic oxidation sites excluding steroid dienone is 14. The lowest BCUT2D eigenvalue weighted by Gasteiger charge is -2.22. The van der Waals surface area contributed by atoms with Gasteiger partial charge < -0.3 is 15.5 Å². The molecule has 0 aromatic heterocycles. The Morgan fingerprint density at radius 1 is 0.510 bits per heavy atom. The Balaban J connectivity index is 3.51. The smallest absolute Gasteiger partial charge is 0.220 e. The molecule has 0 heterocycles. The number of hydrogen-bond acceptors (Lipinski definition) is 3. The molecule has 0 fully saturated rings. The van der Waals surface area contributed by atoms with Crippen molar-refractivity contribution in [3.63, 3.8) is 0 Å². The summed E-state index contributed by atoms with van der Waals surface area (Å²) < 4.78 is 0. The molecule has 49 heavy (non-hydrogen) atoms. The molecule has 2 atom stereocenters. The standard InChI is InChI=1S/C45H77NO3/c1-3-5-7-9-10-11-12-13-14-15-16-17-18-19-20-21-22-23-24-25-26-27-28-29-30-31-32-33-34-35-36-37-39-41-45(49)46-43(42-47)44(48)40-38-8-6-4-2/h5,7,10-11,13-14,16-17,19-20,22-23,25-26,43-44,47-48H,3-4,6,8-9,12,15,18,21,24,27-42H2,1-2H3,(H,46,49)/b7-5-,11-10-,14-13-,17-16-,20-19-,23-22-,26-25-. The maximum absolute atomic E-state index is 12.2. The van der Waals surface area contributed by atoms with E-state index < -0.39 is 12.1 Å². The van der Waals surface area contributed by atoms with Crippen LogP contribution in [0.2, 0.25) is 0 Å². The van der Waals surface area contributed by atoms with Crippen molar-refractivity contribution in [1.82, 2.24) is 5.32 Å². The Morgan fingerprint density at radius 2 is 0.898 bits per heavy atom. The maximum atomic E-state index is 12.2. The highest BCUT2D eigenvalue weighted by atomic mass is 16.3. The van der Waals surface area contributed by atoms with E-state index in [-0.39, 0.29) is 12.5 Å². The summed E-state index contributed by atoms with van der Waals surface area (Å²) in [5.41, 5.74) is 0. The number of aliphatic hydroxyl groups is 2. The molecule has 0 saturated heterocycles. The number of nitrogens with one attached hydrogen (secondary N) is 1. The molecule has 0 aromatic rings. The summed E-state index contributed by atoms with van der Waals surface area (Å²) in [4.78, 5) is 12.2. The van der Waals surface area contributed by atoms with Gasteiger partial charge in [-0.3, -0.25) is 4.79 Å². The fourth-order valence-electron chi connectivity index (χ4n) is 5.57. The molecule has 0 aromatic carbocycles. The topological polar surface area (TPSA) is 69.6 Å². The third-order valence-corrected chi connectivity index (χ3v) is 8.67. The van der Waals surface area contributed by atoms with Crippen LogP contribution in [0.15, 0.2) is 85.1 Å². The van der Waals surface area contributed by atoms with E-state index in [0.717, 1.165) is 83.5 Å². The van der Waals surface area contributed by atoms with E-state index in [0.29, 0.717) is 12.8 Å². The second kappa shape index (κ2) is 40.0. The van der Waals surface area contributed by atoms with E-state index in [2.05, 4.69) is 104 Å². The van der Waals surface area contributed by atoms with E-state index in [4.69, 9.17) is 0 Å². The second-order valence-electron chi connectivity index (χ2n) is 13.3.